The first kappa shape index (κ1) is 10.1. The number of halogens is 1. The number of rotatable bonds is 1. The average molecular weight is 222 g/mol. The van der Waals surface area contributed by atoms with Crippen molar-refractivity contribution < 1.29 is 0 Å². The van der Waals surface area contributed by atoms with Crippen LogP contribution in [0.5, 0.6) is 0 Å². The molecule has 0 atom stereocenters. The van der Waals surface area contributed by atoms with Crippen LogP contribution < -0.4 is 5.73 Å². The van der Waals surface area contributed by atoms with E-state index in [0.717, 1.165) is 22.8 Å². The Balaban J connectivity index is 2.59. The Bertz CT molecular complexity index is 503. The van der Waals surface area contributed by atoms with Gasteiger partial charge < -0.3 is 5.73 Å². The lowest BCUT2D eigenvalue weighted by atomic mass is 10.3. The van der Waals surface area contributed by atoms with Crippen LogP contribution >= 0.6 is 11.6 Å². The molecule has 4 heteroatoms. The minimum atomic E-state index is 0.706. The summed E-state index contributed by atoms with van der Waals surface area (Å²) in [6, 6.07) is 7.56. The van der Waals surface area contributed by atoms with Gasteiger partial charge in [-0.2, -0.15) is 5.10 Å². The van der Waals surface area contributed by atoms with Crippen molar-refractivity contribution in [2.75, 3.05) is 5.73 Å². The highest BCUT2D eigenvalue weighted by Gasteiger charge is 2.10. The number of hydrogen-bond donors (Lipinski definition) is 1. The van der Waals surface area contributed by atoms with E-state index in [2.05, 4.69) is 5.10 Å². The molecule has 1 aromatic carbocycles. The fourth-order valence-electron chi connectivity index (χ4n) is 1.53. The molecule has 0 unspecified atom stereocenters. The predicted molar refractivity (Wildman–Crippen MR) is 62.5 cm³/mol. The third-order valence-electron chi connectivity index (χ3n) is 2.32. The SMILES string of the molecule is Cc1nn(-c2cccc(N)c2)c(C)c1Cl. The zero-order valence-electron chi connectivity index (χ0n) is 8.66. The van der Waals surface area contributed by atoms with Crippen LogP contribution in [0.2, 0.25) is 5.02 Å². The maximum absolute atomic E-state index is 6.07. The van der Waals surface area contributed by atoms with E-state index in [1.165, 1.54) is 0 Å². The highest BCUT2D eigenvalue weighted by molar-refractivity contribution is 6.31. The van der Waals surface area contributed by atoms with E-state index in [9.17, 15) is 0 Å². The van der Waals surface area contributed by atoms with Gasteiger partial charge in [-0.05, 0) is 32.0 Å². The van der Waals surface area contributed by atoms with Crippen LogP contribution in [0.15, 0.2) is 24.3 Å². The third kappa shape index (κ3) is 1.70. The molecule has 0 saturated carbocycles. The van der Waals surface area contributed by atoms with E-state index in [0.29, 0.717) is 5.02 Å². The molecular weight excluding hydrogens is 210 g/mol. The summed E-state index contributed by atoms with van der Waals surface area (Å²) in [6.45, 7) is 3.82. The van der Waals surface area contributed by atoms with Crippen LogP contribution in [-0.2, 0) is 0 Å². The maximum atomic E-state index is 6.07. The van der Waals surface area contributed by atoms with Crippen LogP contribution in [0.25, 0.3) is 5.69 Å². The number of anilines is 1. The Labute approximate surface area is 93.5 Å². The van der Waals surface area contributed by atoms with Crippen molar-refractivity contribution in [2.24, 2.45) is 0 Å². The first-order valence-electron chi connectivity index (χ1n) is 4.67. The fourth-order valence-corrected chi connectivity index (χ4v) is 1.65. The summed E-state index contributed by atoms with van der Waals surface area (Å²) in [5, 5.41) is 5.06. The highest BCUT2D eigenvalue weighted by Crippen LogP contribution is 2.22. The van der Waals surface area contributed by atoms with Crippen LogP contribution in [-0.4, -0.2) is 9.78 Å². The minimum Gasteiger partial charge on any atom is -0.399 e. The molecule has 0 spiro atoms. The molecule has 0 saturated heterocycles. The summed E-state index contributed by atoms with van der Waals surface area (Å²) in [7, 11) is 0. The number of nitrogen functional groups attached to an aromatic ring is 1. The van der Waals surface area contributed by atoms with Crippen LogP contribution in [0.1, 0.15) is 11.4 Å². The second-order valence-electron chi connectivity index (χ2n) is 3.49. The first-order valence-corrected chi connectivity index (χ1v) is 5.05. The van der Waals surface area contributed by atoms with Crippen molar-refractivity contribution >= 4 is 17.3 Å². The van der Waals surface area contributed by atoms with Crippen LogP contribution in [0, 0.1) is 13.8 Å². The van der Waals surface area contributed by atoms with Gasteiger partial charge in [0.1, 0.15) is 0 Å². The standard InChI is InChI=1S/C11H12ClN3/c1-7-11(12)8(2)15(14-7)10-5-3-4-9(13)6-10/h3-6H,13H2,1-2H3. The summed E-state index contributed by atoms with van der Waals surface area (Å²) in [5.74, 6) is 0. The van der Waals surface area contributed by atoms with Gasteiger partial charge >= 0.3 is 0 Å². The smallest absolute Gasteiger partial charge is 0.0848 e. The summed E-state index contributed by atoms with van der Waals surface area (Å²) in [4.78, 5) is 0. The predicted octanol–water partition coefficient (Wildman–Crippen LogP) is 2.72. The Hall–Kier alpha value is -1.48. The van der Waals surface area contributed by atoms with Crippen molar-refractivity contribution in [3.05, 3.63) is 40.7 Å². The summed E-state index contributed by atoms with van der Waals surface area (Å²) in [5.41, 5.74) is 9.13. The van der Waals surface area contributed by atoms with Crippen molar-refractivity contribution in [1.29, 1.82) is 0 Å². The molecule has 1 aromatic heterocycles. The summed E-state index contributed by atoms with van der Waals surface area (Å²) < 4.78 is 1.80. The van der Waals surface area contributed by atoms with Crippen molar-refractivity contribution in [2.45, 2.75) is 13.8 Å². The summed E-state index contributed by atoms with van der Waals surface area (Å²) in [6.07, 6.45) is 0. The lowest BCUT2D eigenvalue weighted by Gasteiger charge is -2.04. The molecule has 0 amide bonds. The second kappa shape index (κ2) is 3.59. The number of nitrogens with two attached hydrogens (primary N) is 1. The van der Waals surface area contributed by atoms with Crippen molar-refractivity contribution in [3.63, 3.8) is 0 Å². The van der Waals surface area contributed by atoms with Gasteiger partial charge in [0.2, 0.25) is 0 Å². The van der Waals surface area contributed by atoms with E-state index in [4.69, 9.17) is 17.3 Å². The monoisotopic (exact) mass is 221 g/mol. The lowest BCUT2D eigenvalue weighted by molar-refractivity contribution is 0.834. The molecule has 0 aliphatic carbocycles. The third-order valence-corrected chi connectivity index (χ3v) is 2.86. The van der Waals surface area contributed by atoms with Gasteiger partial charge in [-0.3, -0.25) is 0 Å². The van der Waals surface area contributed by atoms with Gasteiger partial charge in [0.05, 0.1) is 22.1 Å². The van der Waals surface area contributed by atoms with Gasteiger partial charge in [0.25, 0.3) is 0 Å². The molecular formula is C11H12ClN3. The molecule has 0 aliphatic rings. The normalized spacial score (nSPS) is 10.6. The molecule has 0 fully saturated rings. The topological polar surface area (TPSA) is 43.8 Å². The Morgan fingerprint density at radius 1 is 1.33 bits per heavy atom. The van der Waals surface area contributed by atoms with Crippen molar-refractivity contribution in [3.8, 4) is 5.69 Å². The van der Waals surface area contributed by atoms with E-state index < -0.39 is 0 Å². The van der Waals surface area contributed by atoms with E-state index in [-0.39, 0.29) is 0 Å². The average Bonchev–Trinajstić information content (AvgIpc) is 2.46. The number of benzene rings is 1. The van der Waals surface area contributed by atoms with Gasteiger partial charge in [0, 0.05) is 5.69 Å². The van der Waals surface area contributed by atoms with E-state index in [1.807, 2.05) is 38.1 Å². The Kier molecular flexibility index (Phi) is 2.40. The molecule has 2 aromatic rings. The second-order valence-corrected chi connectivity index (χ2v) is 3.87. The largest absolute Gasteiger partial charge is 0.399 e. The molecule has 0 radical (unpaired) electrons. The van der Waals surface area contributed by atoms with Gasteiger partial charge in [0.15, 0.2) is 0 Å². The molecule has 2 rings (SSSR count). The fraction of sp³-hybridized carbons (Fsp3) is 0.182. The molecule has 1 heterocycles. The molecule has 2 N–H and O–H groups in total. The van der Waals surface area contributed by atoms with Crippen LogP contribution in [0.3, 0.4) is 0 Å². The zero-order valence-corrected chi connectivity index (χ0v) is 9.42. The maximum Gasteiger partial charge on any atom is 0.0848 e. The Morgan fingerprint density at radius 2 is 2.07 bits per heavy atom. The number of nitrogens with zero attached hydrogens (tertiary/aromatic N) is 2. The van der Waals surface area contributed by atoms with Gasteiger partial charge in [-0.25, -0.2) is 4.68 Å². The number of aromatic nitrogens is 2. The molecule has 0 bridgehead atoms. The molecule has 78 valence electrons. The zero-order chi connectivity index (χ0) is 11.0. The lowest BCUT2D eigenvalue weighted by Crippen LogP contribution is -1.99. The highest BCUT2D eigenvalue weighted by atomic mass is 35.5. The van der Waals surface area contributed by atoms with E-state index >= 15 is 0 Å². The van der Waals surface area contributed by atoms with Gasteiger partial charge in [-0.15, -0.1) is 0 Å². The Morgan fingerprint density at radius 3 is 2.60 bits per heavy atom. The first-order chi connectivity index (χ1) is 7.09. The van der Waals surface area contributed by atoms with Crippen molar-refractivity contribution in [1.82, 2.24) is 9.78 Å². The van der Waals surface area contributed by atoms with Crippen LogP contribution in [0.4, 0.5) is 5.69 Å². The summed E-state index contributed by atoms with van der Waals surface area (Å²) >= 11 is 6.07. The van der Waals surface area contributed by atoms with E-state index in [1.54, 1.807) is 4.68 Å². The molecule has 3 nitrogen and oxygen atoms in total. The quantitative estimate of drug-likeness (QED) is 0.753. The number of hydrogen-bond acceptors (Lipinski definition) is 2. The number of aryl methyl sites for hydroxylation is 1. The molecule has 15 heavy (non-hydrogen) atoms. The molecule has 0 aliphatic heterocycles. The minimum absolute atomic E-state index is 0.706. The van der Waals surface area contributed by atoms with Gasteiger partial charge in [-0.1, -0.05) is 17.7 Å².